The molecule has 0 amide bonds. The van der Waals surface area contributed by atoms with Gasteiger partial charge in [0.05, 0.1) is 11.9 Å². The minimum Gasteiger partial charge on any atom is -0.492 e. The molecule has 0 bridgehead atoms. The molecule has 1 unspecified atom stereocenters. The summed E-state index contributed by atoms with van der Waals surface area (Å²) in [5.74, 6) is 3.10. The quantitative estimate of drug-likeness (QED) is 0.673. The van der Waals surface area contributed by atoms with Gasteiger partial charge in [0.25, 0.3) is 0 Å². The van der Waals surface area contributed by atoms with Gasteiger partial charge in [0.1, 0.15) is 18.2 Å². The lowest BCUT2D eigenvalue weighted by atomic mass is 9.95. The number of piperidine rings is 1. The molecule has 0 N–H and O–H groups in total. The van der Waals surface area contributed by atoms with Gasteiger partial charge < -0.3 is 4.74 Å². The number of hydrogen-bond donors (Lipinski definition) is 0. The first kappa shape index (κ1) is 17.7. The highest BCUT2D eigenvalue weighted by Gasteiger charge is 2.23. The molecule has 6 heteroatoms. The highest BCUT2D eigenvalue weighted by atomic mass is 16.5. The number of ether oxygens (including phenoxy) is 1. The van der Waals surface area contributed by atoms with Crippen LogP contribution in [-0.4, -0.2) is 50.7 Å². The highest BCUT2D eigenvalue weighted by Crippen LogP contribution is 2.25. The van der Waals surface area contributed by atoms with Gasteiger partial charge in [0, 0.05) is 37.6 Å². The summed E-state index contributed by atoms with van der Waals surface area (Å²) in [5.41, 5.74) is 1.06. The van der Waals surface area contributed by atoms with Crippen molar-refractivity contribution in [3.8, 4) is 11.6 Å². The summed E-state index contributed by atoms with van der Waals surface area (Å²) in [7, 11) is 0. The number of para-hydroxylation sites is 1. The van der Waals surface area contributed by atoms with Crippen LogP contribution in [0.3, 0.4) is 0 Å². The summed E-state index contributed by atoms with van der Waals surface area (Å²) in [6.45, 7) is 5.72. The van der Waals surface area contributed by atoms with Crippen LogP contribution in [0.2, 0.25) is 0 Å². The molecule has 1 aliphatic rings. The molecule has 0 spiro atoms. The summed E-state index contributed by atoms with van der Waals surface area (Å²) in [6, 6.07) is 10.00. The Bertz CT molecular complexity index is 864. The molecule has 1 atom stereocenters. The molecule has 0 saturated carbocycles. The van der Waals surface area contributed by atoms with E-state index in [2.05, 4.69) is 14.9 Å². The van der Waals surface area contributed by atoms with Gasteiger partial charge in [-0.3, -0.25) is 14.5 Å². The fourth-order valence-corrected chi connectivity index (χ4v) is 3.61. The third kappa shape index (κ3) is 4.34. The number of aromatic nitrogens is 4. The average molecular weight is 363 g/mol. The minimum absolute atomic E-state index is 0.409. The van der Waals surface area contributed by atoms with Crippen molar-refractivity contribution in [2.75, 3.05) is 26.2 Å². The van der Waals surface area contributed by atoms with Crippen LogP contribution in [0.1, 0.15) is 30.3 Å². The molecule has 1 aromatic carbocycles. The largest absolute Gasteiger partial charge is 0.492 e. The number of likely N-dealkylation sites (tertiary alicyclic amines) is 1. The molecular formula is C21H25N5O. The van der Waals surface area contributed by atoms with Gasteiger partial charge in [-0.25, -0.2) is 9.97 Å². The van der Waals surface area contributed by atoms with Crippen molar-refractivity contribution in [1.29, 1.82) is 0 Å². The van der Waals surface area contributed by atoms with Crippen molar-refractivity contribution in [2.45, 2.75) is 25.7 Å². The van der Waals surface area contributed by atoms with Gasteiger partial charge in [-0.15, -0.1) is 0 Å². The van der Waals surface area contributed by atoms with E-state index in [0.29, 0.717) is 12.5 Å². The molecule has 3 aromatic rings. The Hall–Kier alpha value is -2.73. The second kappa shape index (κ2) is 8.31. The van der Waals surface area contributed by atoms with Crippen LogP contribution in [0.5, 0.6) is 5.75 Å². The number of hydrogen-bond acceptors (Lipinski definition) is 5. The van der Waals surface area contributed by atoms with Crippen LogP contribution < -0.4 is 4.74 Å². The smallest absolute Gasteiger partial charge is 0.156 e. The Morgan fingerprint density at radius 2 is 2.07 bits per heavy atom. The Morgan fingerprint density at radius 3 is 2.89 bits per heavy atom. The molecule has 2 aromatic heterocycles. The standard InChI is InChI=1S/C21H25N5O/c1-17-23-9-11-26(17)21-15-22-14-20(24-21)18-6-5-10-25(16-18)12-13-27-19-7-3-2-4-8-19/h2-4,7-9,11,14-15,18H,5-6,10,12-13,16H2,1H3. The van der Waals surface area contributed by atoms with E-state index in [1.54, 1.807) is 12.4 Å². The van der Waals surface area contributed by atoms with Crippen LogP contribution in [0.15, 0.2) is 55.1 Å². The number of nitrogens with zero attached hydrogens (tertiary/aromatic N) is 5. The molecular weight excluding hydrogens is 338 g/mol. The maximum absolute atomic E-state index is 5.85. The van der Waals surface area contributed by atoms with E-state index >= 15 is 0 Å². The molecule has 27 heavy (non-hydrogen) atoms. The van der Waals surface area contributed by atoms with Crippen molar-refractivity contribution in [2.24, 2.45) is 0 Å². The maximum Gasteiger partial charge on any atom is 0.156 e. The predicted molar refractivity (Wildman–Crippen MR) is 104 cm³/mol. The molecule has 6 nitrogen and oxygen atoms in total. The zero-order valence-electron chi connectivity index (χ0n) is 15.7. The second-order valence-corrected chi connectivity index (χ2v) is 6.95. The predicted octanol–water partition coefficient (Wildman–Crippen LogP) is 3.23. The summed E-state index contributed by atoms with van der Waals surface area (Å²) in [4.78, 5) is 16.0. The van der Waals surface area contributed by atoms with E-state index in [1.807, 2.05) is 54.2 Å². The van der Waals surface area contributed by atoms with E-state index in [9.17, 15) is 0 Å². The maximum atomic E-state index is 5.85. The number of aryl methyl sites for hydroxylation is 1. The Morgan fingerprint density at radius 1 is 1.19 bits per heavy atom. The fourth-order valence-electron chi connectivity index (χ4n) is 3.61. The van der Waals surface area contributed by atoms with Crippen molar-refractivity contribution < 1.29 is 4.74 Å². The summed E-state index contributed by atoms with van der Waals surface area (Å²) in [5, 5.41) is 0. The average Bonchev–Trinajstić information content (AvgIpc) is 3.15. The third-order valence-electron chi connectivity index (χ3n) is 5.06. The van der Waals surface area contributed by atoms with Gasteiger partial charge in [0.15, 0.2) is 5.82 Å². The molecule has 140 valence electrons. The molecule has 1 saturated heterocycles. The molecule has 0 aliphatic carbocycles. The lowest BCUT2D eigenvalue weighted by Gasteiger charge is -2.32. The van der Waals surface area contributed by atoms with Crippen LogP contribution in [-0.2, 0) is 0 Å². The first-order valence-corrected chi connectivity index (χ1v) is 9.52. The van der Waals surface area contributed by atoms with E-state index in [-0.39, 0.29) is 0 Å². The summed E-state index contributed by atoms with van der Waals surface area (Å²) >= 11 is 0. The molecule has 1 aliphatic heterocycles. The normalized spacial score (nSPS) is 17.7. The van der Waals surface area contributed by atoms with Gasteiger partial charge in [-0.05, 0) is 38.4 Å². The highest BCUT2D eigenvalue weighted by molar-refractivity contribution is 5.24. The summed E-state index contributed by atoms with van der Waals surface area (Å²) in [6.07, 6.45) is 9.75. The first-order valence-electron chi connectivity index (χ1n) is 9.52. The fraction of sp³-hybridized carbons (Fsp3) is 0.381. The lowest BCUT2D eigenvalue weighted by Crippen LogP contribution is -2.37. The van der Waals surface area contributed by atoms with Crippen LogP contribution >= 0.6 is 0 Å². The summed E-state index contributed by atoms with van der Waals surface area (Å²) < 4.78 is 7.83. The number of benzene rings is 1. The zero-order chi connectivity index (χ0) is 18.5. The van der Waals surface area contributed by atoms with Crippen LogP contribution in [0.4, 0.5) is 0 Å². The molecule has 4 rings (SSSR count). The van der Waals surface area contributed by atoms with Crippen molar-refractivity contribution in [3.05, 3.63) is 66.6 Å². The van der Waals surface area contributed by atoms with E-state index in [0.717, 1.165) is 49.1 Å². The topological polar surface area (TPSA) is 56.1 Å². The van der Waals surface area contributed by atoms with Gasteiger partial charge in [0.2, 0.25) is 0 Å². The van der Waals surface area contributed by atoms with Gasteiger partial charge in [-0.2, -0.15) is 0 Å². The zero-order valence-corrected chi connectivity index (χ0v) is 15.7. The van der Waals surface area contributed by atoms with Crippen LogP contribution in [0.25, 0.3) is 5.82 Å². The van der Waals surface area contributed by atoms with Crippen molar-refractivity contribution in [3.63, 3.8) is 0 Å². The van der Waals surface area contributed by atoms with Crippen molar-refractivity contribution in [1.82, 2.24) is 24.4 Å². The first-order chi connectivity index (χ1) is 13.3. The van der Waals surface area contributed by atoms with Gasteiger partial charge >= 0.3 is 0 Å². The molecule has 1 fully saturated rings. The molecule has 3 heterocycles. The third-order valence-corrected chi connectivity index (χ3v) is 5.06. The van der Waals surface area contributed by atoms with Crippen molar-refractivity contribution >= 4 is 0 Å². The van der Waals surface area contributed by atoms with E-state index in [1.165, 1.54) is 6.42 Å². The second-order valence-electron chi connectivity index (χ2n) is 6.95. The van der Waals surface area contributed by atoms with E-state index in [4.69, 9.17) is 9.72 Å². The Kier molecular flexibility index (Phi) is 5.44. The SMILES string of the molecule is Cc1nccn1-c1cncc(C2CCCN(CCOc3ccccc3)C2)n1. The van der Waals surface area contributed by atoms with Gasteiger partial charge in [-0.1, -0.05) is 18.2 Å². The molecule has 0 radical (unpaired) electrons. The Balaban J connectivity index is 1.37. The lowest BCUT2D eigenvalue weighted by molar-refractivity contribution is 0.169. The number of rotatable bonds is 6. The number of imidazole rings is 1. The van der Waals surface area contributed by atoms with Crippen LogP contribution in [0, 0.1) is 6.92 Å². The van der Waals surface area contributed by atoms with E-state index < -0.39 is 0 Å². The monoisotopic (exact) mass is 363 g/mol. The minimum atomic E-state index is 0.409. The Labute approximate surface area is 159 Å².